The Kier molecular flexibility index (Phi) is 6.53. The molecule has 0 saturated heterocycles. The minimum atomic E-state index is 0.775. The Morgan fingerprint density at radius 3 is 1.43 bits per heavy atom. The molecule has 0 spiro atoms. The maximum absolute atomic E-state index is 6.76. The molecule has 0 radical (unpaired) electrons. The Labute approximate surface area is 320 Å². The van der Waals surface area contributed by atoms with E-state index in [0.29, 0.717) is 0 Å². The molecule has 0 atom stereocenters. The van der Waals surface area contributed by atoms with Crippen LogP contribution in [0.4, 0.5) is 0 Å². The van der Waals surface area contributed by atoms with Crippen LogP contribution in [0.25, 0.3) is 105 Å². The molecule has 4 heterocycles. The minimum absolute atomic E-state index is 0.775. The van der Waals surface area contributed by atoms with Crippen molar-refractivity contribution in [1.82, 2.24) is 23.9 Å². The van der Waals surface area contributed by atoms with Crippen LogP contribution in [-0.4, -0.2) is 23.9 Å². The second kappa shape index (κ2) is 11.9. The molecule has 262 valence electrons. The lowest BCUT2D eigenvalue weighted by Gasteiger charge is -2.19. The lowest BCUT2D eigenvalue weighted by molar-refractivity contribution is 0.671. The average molecular weight is 718 g/mol. The van der Waals surface area contributed by atoms with Crippen LogP contribution in [0.15, 0.2) is 192 Å². The van der Waals surface area contributed by atoms with Crippen molar-refractivity contribution in [2.24, 2.45) is 0 Å². The zero-order chi connectivity index (χ0) is 36.7. The standard InChI is InChI=1S/C50H31N5O/c1-3-16-32(17-4-1)49-51-52-50(33-18-5-2-6-19-33)55(49)44-28-15-23-37-34-20-7-10-24-40(34)53(46(37)44)42-26-12-13-27-43(42)54-41-25-11-8-21-35(41)38-30-31-39-36-22-9-14-29-45(36)56-48(39)47(38)54/h1-31H. The molecule has 0 fully saturated rings. The fraction of sp³-hybridized carbons (Fsp3) is 0. The molecule has 0 aliphatic carbocycles. The molecule has 0 aliphatic heterocycles. The number of nitrogens with zero attached hydrogens (tertiary/aromatic N) is 5. The molecule has 0 N–H and O–H groups in total. The van der Waals surface area contributed by atoms with Crippen molar-refractivity contribution in [2.75, 3.05) is 0 Å². The summed E-state index contributed by atoms with van der Waals surface area (Å²) in [5.74, 6) is 1.55. The Morgan fingerprint density at radius 1 is 0.321 bits per heavy atom. The van der Waals surface area contributed by atoms with Gasteiger partial charge >= 0.3 is 0 Å². The van der Waals surface area contributed by atoms with Gasteiger partial charge in [0.15, 0.2) is 17.2 Å². The Hall–Kier alpha value is -7.70. The number of furan rings is 1. The quantitative estimate of drug-likeness (QED) is 0.178. The summed E-state index contributed by atoms with van der Waals surface area (Å²) in [6, 6.07) is 66.1. The van der Waals surface area contributed by atoms with Gasteiger partial charge in [-0.2, -0.15) is 0 Å². The Bertz CT molecular complexity index is 3420. The number of fused-ring (bicyclic) bond motifs is 10. The van der Waals surface area contributed by atoms with E-state index in [9.17, 15) is 0 Å². The van der Waals surface area contributed by atoms with Crippen molar-refractivity contribution < 1.29 is 4.42 Å². The number of aromatic nitrogens is 5. The van der Waals surface area contributed by atoms with Crippen molar-refractivity contribution >= 4 is 65.6 Å². The van der Waals surface area contributed by atoms with Gasteiger partial charge in [0.2, 0.25) is 0 Å². The number of para-hydroxylation sites is 6. The topological polar surface area (TPSA) is 53.7 Å². The first kappa shape index (κ1) is 30.7. The number of hydrogen-bond acceptors (Lipinski definition) is 3. The summed E-state index contributed by atoms with van der Waals surface area (Å²) < 4.78 is 13.8. The number of rotatable bonds is 5. The summed E-state index contributed by atoms with van der Waals surface area (Å²) in [6.07, 6.45) is 0. The summed E-state index contributed by atoms with van der Waals surface area (Å²) in [5, 5.41) is 16.6. The molecule has 12 rings (SSSR count). The van der Waals surface area contributed by atoms with Gasteiger partial charge in [-0.3, -0.25) is 4.57 Å². The first-order valence-electron chi connectivity index (χ1n) is 18.9. The smallest absolute Gasteiger partial charge is 0.168 e. The SMILES string of the molecule is c1ccc(-c2nnc(-c3ccccc3)n2-c2cccc3c4ccccc4n(-c4ccccc4-n4c5ccccc5c5ccc6c7ccccc7oc6c54)c23)cc1. The normalized spacial score (nSPS) is 11.9. The zero-order valence-corrected chi connectivity index (χ0v) is 30.0. The van der Waals surface area contributed by atoms with Gasteiger partial charge in [0.05, 0.1) is 39.1 Å². The monoisotopic (exact) mass is 717 g/mol. The summed E-state index contributed by atoms with van der Waals surface area (Å²) in [5.41, 5.74) is 11.1. The maximum Gasteiger partial charge on any atom is 0.168 e. The van der Waals surface area contributed by atoms with Crippen molar-refractivity contribution in [1.29, 1.82) is 0 Å². The van der Waals surface area contributed by atoms with Crippen molar-refractivity contribution in [3.63, 3.8) is 0 Å². The predicted octanol–water partition coefficient (Wildman–Crippen LogP) is 12.7. The molecule has 0 saturated carbocycles. The van der Waals surface area contributed by atoms with E-state index in [2.05, 4.69) is 184 Å². The van der Waals surface area contributed by atoms with Crippen LogP contribution in [0, 0.1) is 0 Å². The van der Waals surface area contributed by atoms with E-state index in [0.717, 1.165) is 100 Å². The Balaban J connectivity index is 1.23. The summed E-state index contributed by atoms with van der Waals surface area (Å²) in [7, 11) is 0. The highest BCUT2D eigenvalue weighted by Crippen LogP contribution is 2.44. The first-order chi connectivity index (χ1) is 27.8. The van der Waals surface area contributed by atoms with Crippen LogP contribution in [0.3, 0.4) is 0 Å². The van der Waals surface area contributed by atoms with E-state index in [1.54, 1.807) is 0 Å². The van der Waals surface area contributed by atoms with Crippen LogP contribution in [-0.2, 0) is 0 Å². The second-order valence-electron chi connectivity index (χ2n) is 14.2. The van der Waals surface area contributed by atoms with E-state index < -0.39 is 0 Å². The van der Waals surface area contributed by atoms with Crippen LogP contribution in [0.1, 0.15) is 0 Å². The highest BCUT2D eigenvalue weighted by atomic mass is 16.3. The molecule has 8 aromatic carbocycles. The maximum atomic E-state index is 6.76. The molecule has 0 bridgehead atoms. The molecule has 56 heavy (non-hydrogen) atoms. The second-order valence-corrected chi connectivity index (χ2v) is 14.2. The van der Waals surface area contributed by atoms with E-state index in [1.807, 2.05) is 18.2 Å². The fourth-order valence-electron chi connectivity index (χ4n) is 8.82. The molecular formula is C50H31N5O. The summed E-state index contributed by atoms with van der Waals surface area (Å²) in [4.78, 5) is 0. The van der Waals surface area contributed by atoms with Crippen molar-refractivity contribution in [3.05, 3.63) is 188 Å². The summed E-state index contributed by atoms with van der Waals surface area (Å²) >= 11 is 0. The third-order valence-corrected chi connectivity index (χ3v) is 11.2. The molecule has 6 heteroatoms. The Morgan fingerprint density at radius 2 is 0.786 bits per heavy atom. The van der Waals surface area contributed by atoms with Crippen LogP contribution >= 0.6 is 0 Å². The zero-order valence-electron chi connectivity index (χ0n) is 30.0. The van der Waals surface area contributed by atoms with Gasteiger partial charge in [-0.05, 0) is 42.5 Å². The third kappa shape index (κ3) is 4.32. The lowest BCUT2D eigenvalue weighted by atomic mass is 10.1. The minimum Gasteiger partial charge on any atom is -0.454 e. The van der Waals surface area contributed by atoms with Gasteiger partial charge < -0.3 is 13.6 Å². The highest BCUT2D eigenvalue weighted by Gasteiger charge is 2.25. The number of hydrogen-bond donors (Lipinski definition) is 0. The lowest BCUT2D eigenvalue weighted by Crippen LogP contribution is -2.07. The van der Waals surface area contributed by atoms with Crippen LogP contribution < -0.4 is 0 Å². The van der Waals surface area contributed by atoms with E-state index in [1.165, 1.54) is 5.39 Å². The molecule has 0 aliphatic rings. The molecule has 6 nitrogen and oxygen atoms in total. The van der Waals surface area contributed by atoms with Gasteiger partial charge in [0.25, 0.3) is 0 Å². The molecule has 12 aromatic rings. The largest absolute Gasteiger partial charge is 0.454 e. The molecule has 0 unspecified atom stereocenters. The van der Waals surface area contributed by atoms with Crippen LogP contribution in [0.5, 0.6) is 0 Å². The highest BCUT2D eigenvalue weighted by molar-refractivity contribution is 6.22. The van der Waals surface area contributed by atoms with Gasteiger partial charge in [0, 0.05) is 43.4 Å². The van der Waals surface area contributed by atoms with Gasteiger partial charge in [-0.1, -0.05) is 146 Å². The van der Waals surface area contributed by atoms with Crippen molar-refractivity contribution in [3.8, 4) is 39.8 Å². The van der Waals surface area contributed by atoms with E-state index in [4.69, 9.17) is 14.6 Å². The predicted molar refractivity (Wildman–Crippen MR) is 228 cm³/mol. The fourth-order valence-corrected chi connectivity index (χ4v) is 8.82. The van der Waals surface area contributed by atoms with Gasteiger partial charge in [-0.15, -0.1) is 10.2 Å². The summed E-state index contributed by atoms with van der Waals surface area (Å²) in [6.45, 7) is 0. The van der Waals surface area contributed by atoms with Crippen molar-refractivity contribution in [2.45, 2.75) is 0 Å². The van der Waals surface area contributed by atoms with Gasteiger partial charge in [-0.25, -0.2) is 0 Å². The average Bonchev–Trinajstić information content (AvgIpc) is 4.04. The first-order valence-corrected chi connectivity index (χ1v) is 18.9. The van der Waals surface area contributed by atoms with E-state index >= 15 is 0 Å². The van der Waals surface area contributed by atoms with Gasteiger partial charge in [0.1, 0.15) is 5.58 Å². The molecule has 4 aromatic heterocycles. The molecular weight excluding hydrogens is 687 g/mol. The molecule has 0 amide bonds. The van der Waals surface area contributed by atoms with E-state index in [-0.39, 0.29) is 0 Å². The van der Waals surface area contributed by atoms with Crippen LogP contribution in [0.2, 0.25) is 0 Å². The third-order valence-electron chi connectivity index (χ3n) is 11.2. The number of benzene rings is 8.